The maximum atomic E-state index is 13.8. The van der Waals surface area contributed by atoms with Gasteiger partial charge in [-0.15, -0.1) is 0 Å². The minimum absolute atomic E-state index is 0.0680. The Morgan fingerprint density at radius 1 is 1.03 bits per heavy atom. The highest BCUT2D eigenvalue weighted by molar-refractivity contribution is 7.11. The molecule has 0 saturated heterocycles. The van der Waals surface area contributed by atoms with Gasteiger partial charge in [0.2, 0.25) is 5.91 Å². The summed E-state index contributed by atoms with van der Waals surface area (Å²) in [5, 5.41) is 13.2. The summed E-state index contributed by atoms with van der Waals surface area (Å²) < 4.78 is 6.68. The number of aliphatic hydroxyl groups excluding tert-OH is 1. The molecule has 1 heterocycles. The second-order valence-electron chi connectivity index (χ2n) is 10.2. The summed E-state index contributed by atoms with van der Waals surface area (Å²) in [6.07, 6.45) is 6.59. The summed E-state index contributed by atoms with van der Waals surface area (Å²) >= 11 is 0.906. The van der Waals surface area contributed by atoms with Crippen LogP contribution in [0, 0.1) is 12.8 Å². The molecule has 1 unspecified atom stereocenters. The molecule has 1 amide bonds. The van der Waals surface area contributed by atoms with Crippen molar-refractivity contribution in [2.45, 2.75) is 70.9 Å². The van der Waals surface area contributed by atoms with Gasteiger partial charge in [-0.05, 0) is 49.3 Å². The average molecular weight is 551 g/mol. The zero-order valence-corrected chi connectivity index (χ0v) is 23.5. The van der Waals surface area contributed by atoms with Gasteiger partial charge >= 0.3 is 10.8 Å². The number of hydrogen-bond donors (Lipinski definition) is 2. The van der Waals surface area contributed by atoms with Gasteiger partial charge in [0, 0.05) is 5.69 Å². The topological polar surface area (TPSA) is 97.6 Å². The number of aromatic nitrogens is 1. The van der Waals surface area contributed by atoms with Gasteiger partial charge in [0.05, 0.1) is 31.7 Å². The zero-order valence-electron chi connectivity index (χ0n) is 22.7. The molecule has 2 N–H and O–H groups in total. The third kappa shape index (κ3) is 7.05. The highest BCUT2D eigenvalue weighted by atomic mass is 32.1. The van der Waals surface area contributed by atoms with Gasteiger partial charge in [0.15, 0.2) is 0 Å². The summed E-state index contributed by atoms with van der Waals surface area (Å²) in [7, 11) is 0. The van der Waals surface area contributed by atoms with Crippen molar-refractivity contribution in [2.75, 3.05) is 13.2 Å². The lowest BCUT2D eigenvalue weighted by molar-refractivity contribution is -0.125. The van der Waals surface area contributed by atoms with Gasteiger partial charge in [-0.1, -0.05) is 91.6 Å². The number of benzene rings is 2. The molecule has 1 saturated carbocycles. The summed E-state index contributed by atoms with van der Waals surface area (Å²) in [6, 6.07) is 17.0. The Labute approximate surface area is 233 Å². The van der Waals surface area contributed by atoms with Crippen molar-refractivity contribution in [1.82, 2.24) is 9.88 Å². The van der Waals surface area contributed by atoms with Crippen molar-refractivity contribution >= 4 is 23.2 Å². The highest BCUT2D eigenvalue weighted by Crippen LogP contribution is 2.36. The molecule has 1 aliphatic carbocycles. The van der Waals surface area contributed by atoms with Crippen LogP contribution in [0.1, 0.15) is 89.5 Å². The molecule has 3 aromatic rings. The number of esters is 1. The molecule has 8 heteroatoms. The largest absolute Gasteiger partial charge is 0.462 e. The van der Waals surface area contributed by atoms with Crippen LogP contribution in [0.5, 0.6) is 0 Å². The van der Waals surface area contributed by atoms with Crippen molar-refractivity contribution < 1.29 is 19.4 Å². The normalized spacial score (nSPS) is 15.8. The van der Waals surface area contributed by atoms with E-state index in [1.807, 2.05) is 54.6 Å². The first-order valence-electron chi connectivity index (χ1n) is 13.8. The first kappa shape index (κ1) is 28.8. The van der Waals surface area contributed by atoms with Crippen LogP contribution in [0.4, 0.5) is 0 Å². The quantitative estimate of drug-likeness (QED) is 0.262. The van der Waals surface area contributed by atoms with E-state index < -0.39 is 12.0 Å². The fourth-order valence-electron chi connectivity index (χ4n) is 5.52. The minimum atomic E-state index is -0.472. The van der Waals surface area contributed by atoms with Crippen LogP contribution in [0.3, 0.4) is 0 Å². The smallest absolute Gasteiger partial charge is 0.350 e. The molecule has 0 aliphatic heterocycles. The maximum Gasteiger partial charge on any atom is 0.350 e. The van der Waals surface area contributed by atoms with E-state index in [1.54, 1.807) is 18.4 Å². The van der Waals surface area contributed by atoms with E-state index in [4.69, 9.17) is 4.74 Å². The lowest BCUT2D eigenvalue weighted by Gasteiger charge is -2.28. The maximum absolute atomic E-state index is 13.8. The van der Waals surface area contributed by atoms with Gasteiger partial charge in [0.25, 0.3) is 0 Å². The summed E-state index contributed by atoms with van der Waals surface area (Å²) in [6.45, 7) is 3.92. The molecule has 0 radical (unpaired) electrons. The van der Waals surface area contributed by atoms with E-state index in [2.05, 4.69) is 5.32 Å². The van der Waals surface area contributed by atoms with Crippen LogP contribution in [0.2, 0.25) is 0 Å². The van der Waals surface area contributed by atoms with Gasteiger partial charge in [0.1, 0.15) is 4.88 Å². The third-order valence-electron chi connectivity index (χ3n) is 7.64. The number of rotatable bonds is 10. The lowest BCUT2D eigenvalue weighted by atomic mass is 9.80. The minimum Gasteiger partial charge on any atom is -0.462 e. The Hall–Kier alpha value is -3.23. The summed E-state index contributed by atoms with van der Waals surface area (Å²) in [5.74, 6) is -0.639. The summed E-state index contributed by atoms with van der Waals surface area (Å²) in [5.41, 5.74) is 3.32. The number of thiazole rings is 1. The molecule has 1 fully saturated rings. The molecular weight excluding hydrogens is 512 g/mol. The van der Waals surface area contributed by atoms with Gasteiger partial charge < -0.3 is 15.2 Å². The first-order valence-corrected chi connectivity index (χ1v) is 14.7. The van der Waals surface area contributed by atoms with Crippen LogP contribution >= 0.6 is 11.3 Å². The first-order chi connectivity index (χ1) is 18.9. The molecule has 0 spiro atoms. The Morgan fingerprint density at radius 3 is 2.31 bits per heavy atom. The van der Waals surface area contributed by atoms with E-state index in [9.17, 15) is 19.5 Å². The standard InChI is InChI=1S/C31H38N2O5S/c1-3-38-30(36)28-21(2)33(31(37)39-28)19-22-15-17-25(18-16-22)27(24-13-7-4-5-8-14-24)29(35)32-26(20-34)23-11-9-6-10-12-23/h6,9-12,15-18,24,26-27,34H,3-5,7-8,13-14,19-20H2,1-2H3,(H,32,35)/t26-,27?/m0/s1. The number of amides is 1. The van der Waals surface area contributed by atoms with Crippen molar-refractivity contribution in [2.24, 2.45) is 5.92 Å². The monoisotopic (exact) mass is 550 g/mol. The average Bonchev–Trinajstić information content (AvgIpc) is 3.10. The van der Waals surface area contributed by atoms with Crippen LogP contribution in [-0.2, 0) is 16.1 Å². The van der Waals surface area contributed by atoms with E-state index in [0.29, 0.717) is 17.1 Å². The molecule has 208 valence electrons. The van der Waals surface area contributed by atoms with E-state index in [1.165, 1.54) is 12.8 Å². The van der Waals surface area contributed by atoms with Crippen molar-refractivity contribution in [3.8, 4) is 0 Å². The molecule has 1 aromatic heterocycles. The van der Waals surface area contributed by atoms with Crippen LogP contribution in [0.15, 0.2) is 59.4 Å². The number of carbonyl (C=O) groups excluding carboxylic acids is 2. The zero-order chi connectivity index (χ0) is 27.8. The fraction of sp³-hybridized carbons (Fsp3) is 0.452. The molecule has 1 aliphatic rings. The molecular formula is C31H38N2O5S. The van der Waals surface area contributed by atoms with Crippen molar-refractivity contribution in [1.29, 1.82) is 0 Å². The predicted molar refractivity (Wildman–Crippen MR) is 153 cm³/mol. The van der Waals surface area contributed by atoms with Gasteiger partial charge in [-0.3, -0.25) is 14.2 Å². The van der Waals surface area contributed by atoms with Crippen LogP contribution < -0.4 is 10.2 Å². The number of aliphatic hydroxyl groups is 1. The van der Waals surface area contributed by atoms with E-state index in [0.717, 1.165) is 53.7 Å². The van der Waals surface area contributed by atoms with Crippen molar-refractivity contribution in [3.63, 3.8) is 0 Å². The molecule has 7 nitrogen and oxygen atoms in total. The van der Waals surface area contributed by atoms with E-state index >= 15 is 0 Å². The Bertz CT molecular complexity index is 1290. The fourth-order valence-corrected chi connectivity index (χ4v) is 6.41. The highest BCUT2D eigenvalue weighted by Gasteiger charge is 2.32. The SMILES string of the molecule is CCOC(=O)c1sc(=O)n(Cc2ccc(C(C(=O)N[C@@H](CO)c3ccccc3)C3CCCCCC3)cc2)c1C. The molecule has 2 atom stereocenters. The van der Waals surface area contributed by atoms with Gasteiger partial charge in [-0.25, -0.2) is 4.79 Å². The third-order valence-corrected chi connectivity index (χ3v) is 8.70. The molecule has 2 aromatic carbocycles. The second-order valence-corrected chi connectivity index (χ2v) is 11.2. The molecule has 39 heavy (non-hydrogen) atoms. The Balaban J connectivity index is 1.57. The summed E-state index contributed by atoms with van der Waals surface area (Å²) in [4.78, 5) is 38.7. The van der Waals surface area contributed by atoms with E-state index in [-0.39, 0.29) is 35.8 Å². The predicted octanol–water partition coefficient (Wildman–Crippen LogP) is 5.35. The number of carbonyl (C=O) groups is 2. The lowest BCUT2D eigenvalue weighted by Crippen LogP contribution is -2.37. The van der Waals surface area contributed by atoms with Crippen molar-refractivity contribution in [3.05, 3.63) is 91.5 Å². The van der Waals surface area contributed by atoms with Crippen LogP contribution in [-0.4, -0.2) is 34.8 Å². The molecule has 0 bridgehead atoms. The number of ether oxygens (including phenoxy) is 1. The number of nitrogens with zero attached hydrogens (tertiary/aromatic N) is 1. The Morgan fingerprint density at radius 2 is 1.69 bits per heavy atom. The number of nitrogens with one attached hydrogen (secondary N) is 1. The number of hydrogen-bond acceptors (Lipinski definition) is 6. The molecule has 4 rings (SSSR count). The van der Waals surface area contributed by atoms with Crippen LogP contribution in [0.25, 0.3) is 0 Å². The van der Waals surface area contributed by atoms with Gasteiger partial charge in [-0.2, -0.15) is 0 Å². The second kappa shape index (κ2) is 13.7. The Kier molecular flexibility index (Phi) is 10.1.